The maximum absolute atomic E-state index is 11.3. The van der Waals surface area contributed by atoms with Crippen molar-refractivity contribution in [1.82, 2.24) is 5.32 Å². The number of allylic oxidation sites excluding steroid dienone is 1. The van der Waals surface area contributed by atoms with Crippen molar-refractivity contribution in [3.8, 4) is 0 Å². The van der Waals surface area contributed by atoms with E-state index in [0.29, 0.717) is 6.42 Å². The van der Waals surface area contributed by atoms with Gasteiger partial charge in [0.15, 0.2) is 0 Å². The average Bonchev–Trinajstić information content (AvgIpc) is 2.59. The lowest BCUT2D eigenvalue weighted by Crippen LogP contribution is -2.20. The Morgan fingerprint density at radius 1 is 1.47 bits per heavy atom. The fourth-order valence-electron chi connectivity index (χ4n) is 2.02. The van der Waals surface area contributed by atoms with Gasteiger partial charge in [-0.2, -0.15) is 0 Å². The lowest BCUT2D eigenvalue weighted by molar-refractivity contribution is -0.119. The average molecular weight is 201 g/mol. The zero-order valence-electron chi connectivity index (χ0n) is 9.13. The minimum atomic E-state index is 0.0707. The fraction of sp³-hybridized carbons (Fsp3) is 0.308. The molecular weight excluding hydrogens is 186 g/mol. The first-order valence-electron chi connectivity index (χ1n) is 5.19. The van der Waals surface area contributed by atoms with E-state index in [-0.39, 0.29) is 5.91 Å². The predicted molar refractivity (Wildman–Crippen MR) is 61.6 cm³/mol. The third-order valence-electron chi connectivity index (χ3n) is 2.78. The molecule has 1 aliphatic rings. The molecule has 15 heavy (non-hydrogen) atoms. The number of carbonyl (C=O) groups is 1. The van der Waals surface area contributed by atoms with Crippen molar-refractivity contribution in [3.63, 3.8) is 0 Å². The smallest absolute Gasteiger partial charge is 0.224 e. The van der Waals surface area contributed by atoms with Crippen molar-refractivity contribution in [2.24, 2.45) is 0 Å². The van der Waals surface area contributed by atoms with Crippen LogP contribution in [0.2, 0.25) is 0 Å². The lowest BCUT2D eigenvalue weighted by Gasteiger charge is -2.06. The number of nitrogens with one attached hydrogen (secondary N) is 1. The summed E-state index contributed by atoms with van der Waals surface area (Å²) in [5, 5.41) is 2.66. The first kappa shape index (κ1) is 9.97. The molecule has 2 rings (SSSR count). The number of hydrogen-bond donors (Lipinski definition) is 1. The molecular formula is C13H15NO. The van der Waals surface area contributed by atoms with E-state index in [1.165, 1.54) is 16.7 Å². The zero-order chi connectivity index (χ0) is 10.8. The molecule has 1 aliphatic carbocycles. The van der Waals surface area contributed by atoms with Crippen LogP contribution in [0.3, 0.4) is 0 Å². The van der Waals surface area contributed by atoms with E-state index < -0.39 is 0 Å². The highest BCUT2D eigenvalue weighted by molar-refractivity contribution is 5.80. The highest BCUT2D eigenvalue weighted by Gasteiger charge is 2.14. The molecule has 1 N–H and O–H groups in total. The maximum atomic E-state index is 11.3. The van der Waals surface area contributed by atoms with Crippen LogP contribution < -0.4 is 5.32 Å². The fourth-order valence-corrected chi connectivity index (χ4v) is 2.02. The molecule has 1 aromatic carbocycles. The van der Waals surface area contributed by atoms with Crippen LogP contribution in [0, 0.1) is 0 Å². The van der Waals surface area contributed by atoms with Crippen molar-refractivity contribution in [3.05, 3.63) is 40.5 Å². The number of rotatable bonds is 2. The second-order valence-electron chi connectivity index (χ2n) is 4.01. The molecule has 0 saturated carbocycles. The summed E-state index contributed by atoms with van der Waals surface area (Å²) in [5.41, 5.74) is 5.09. The van der Waals surface area contributed by atoms with Crippen molar-refractivity contribution in [2.75, 3.05) is 7.05 Å². The monoisotopic (exact) mass is 201 g/mol. The Kier molecular flexibility index (Phi) is 2.58. The van der Waals surface area contributed by atoms with Gasteiger partial charge in [0.2, 0.25) is 5.91 Å². The van der Waals surface area contributed by atoms with Crippen LogP contribution in [-0.4, -0.2) is 13.0 Å². The number of likely N-dealkylation sites (N-methyl/N-ethyl adjacent to an activating group) is 1. The van der Waals surface area contributed by atoms with Crippen molar-refractivity contribution < 1.29 is 4.79 Å². The van der Waals surface area contributed by atoms with Gasteiger partial charge in [0.25, 0.3) is 0 Å². The van der Waals surface area contributed by atoms with Crippen LogP contribution in [0.15, 0.2) is 23.8 Å². The third kappa shape index (κ3) is 1.94. The molecule has 1 aromatic rings. The van der Waals surface area contributed by atoms with Crippen LogP contribution >= 0.6 is 0 Å². The van der Waals surface area contributed by atoms with E-state index in [1.54, 1.807) is 7.05 Å². The van der Waals surface area contributed by atoms with E-state index in [9.17, 15) is 4.79 Å². The predicted octanol–water partition coefficient (Wildman–Crippen LogP) is 1.93. The normalized spacial score (nSPS) is 13.3. The summed E-state index contributed by atoms with van der Waals surface area (Å²) in [4.78, 5) is 11.3. The van der Waals surface area contributed by atoms with Crippen LogP contribution in [0.1, 0.15) is 23.6 Å². The highest BCUT2D eigenvalue weighted by atomic mass is 16.1. The Bertz CT molecular complexity index is 432. The van der Waals surface area contributed by atoms with E-state index in [1.807, 2.05) is 12.1 Å². The standard InChI is InChI=1S/C13H15NO/c1-9-6-10-4-3-5-11(12(10)7-9)8-13(15)14-2/h3-5,7H,6,8H2,1-2H3,(H,14,15). The number of hydrogen-bond acceptors (Lipinski definition) is 1. The second kappa shape index (κ2) is 3.89. The minimum absolute atomic E-state index is 0.0707. The molecule has 0 aromatic heterocycles. The molecule has 0 aliphatic heterocycles. The van der Waals surface area contributed by atoms with E-state index >= 15 is 0 Å². The van der Waals surface area contributed by atoms with Gasteiger partial charge in [0, 0.05) is 7.05 Å². The highest BCUT2D eigenvalue weighted by Crippen LogP contribution is 2.27. The first-order valence-corrected chi connectivity index (χ1v) is 5.19. The number of benzene rings is 1. The first-order chi connectivity index (χ1) is 7.20. The summed E-state index contributed by atoms with van der Waals surface area (Å²) in [6.07, 6.45) is 3.69. The molecule has 0 fully saturated rings. The van der Waals surface area contributed by atoms with Gasteiger partial charge in [-0.05, 0) is 30.0 Å². The van der Waals surface area contributed by atoms with E-state index in [0.717, 1.165) is 12.0 Å². The van der Waals surface area contributed by atoms with Gasteiger partial charge in [-0.15, -0.1) is 0 Å². The molecule has 0 spiro atoms. The van der Waals surface area contributed by atoms with E-state index in [4.69, 9.17) is 0 Å². The Hall–Kier alpha value is -1.57. The second-order valence-corrected chi connectivity index (χ2v) is 4.01. The SMILES string of the molecule is CNC(=O)Cc1cccc2c1C=C(C)C2. The van der Waals surface area contributed by atoms with Crippen molar-refractivity contribution >= 4 is 12.0 Å². The van der Waals surface area contributed by atoms with Gasteiger partial charge in [-0.1, -0.05) is 29.8 Å². The van der Waals surface area contributed by atoms with Crippen LogP contribution in [-0.2, 0) is 17.6 Å². The number of amides is 1. The minimum Gasteiger partial charge on any atom is -0.359 e. The van der Waals surface area contributed by atoms with Gasteiger partial charge in [0.05, 0.1) is 6.42 Å². The molecule has 0 radical (unpaired) electrons. The van der Waals surface area contributed by atoms with Gasteiger partial charge < -0.3 is 5.32 Å². The summed E-state index contributed by atoms with van der Waals surface area (Å²) in [6.45, 7) is 2.13. The Morgan fingerprint density at radius 2 is 2.27 bits per heavy atom. The molecule has 2 heteroatoms. The van der Waals surface area contributed by atoms with Crippen LogP contribution in [0.4, 0.5) is 0 Å². The van der Waals surface area contributed by atoms with Gasteiger partial charge >= 0.3 is 0 Å². The Labute approximate surface area is 90.0 Å². The molecule has 0 saturated heterocycles. The third-order valence-corrected chi connectivity index (χ3v) is 2.78. The van der Waals surface area contributed by atoms with Crippen molar-refractivity contribution in [1.29, 1.82) is 0 Å². The molecule has 0 atom stereocenters. The lowest BCUT2D eigenvalue weighted by atomic mass is 10.0. The summed E-state index contributed by atoms with van der Waals surface area (Å²) in [7, 11) is 1.67. The number of fused-ring (bicyclic) bond motifs is 1. The van der Waals surface area contributed by atoms with E-state index in [2.05, 4.69) is 24.4 Å². The quantitative estimate of drug-likeness (QED) is 0.778. The Balaban J connectivity index is 2.33. The largest absolute Gasteiger partial charge is 0.359 e. The zero-order valence-corrected chi connectivity index (χ0v) is 9.13. The molecule has 2 nitrogen and oxygen atoms in total. The summed E-state index contributed by atoms with van der Waals surface area (Å²) in [6, 6.07) is 6.20. The summed E-state index contributed by atoms with van der Waals surface area (Å²) in [5.74, 6) is 0.0707. The van der Waals surface area contributed by atoms with Crippen molar-refractivity contribution in [2.45, 2.75) is 19.8 Å². The summed E-state index contributed by atoms with van der Waals surface area (Å²) >= 11 is 0. The summed E-state index contributed by atoms with van der Waals surface area (Å²) < 4.78 is 0. The van der Waals surface area contributed by atoms with Gasteiger partial charge in [-0.25, -0.2) is 0 Å². The topological polar surface area (TPSA) is 29.1 Å². The number of carbonyl (C=O) groups excluding carboxylic acids is 1. The molecule has 78 valence electrons. The maximum Gasteiger partial charge on any atom is 0.224 e. The molecule has 1 amide bonds. The Morgan fingerprint density at radius 3 is 3.00 bits per heavy atom. The van der Waals surface area contributed by atoms with Crippen LogP contribution in [0.5, 0.6) is 0 Å². The molecule has 0 heterocycles. The van der Waals surface area contributed by atoms with Crippen LogP contribution in [0.25, 0.3) is 6.08 Å². The molecule has 0 unspecified atom stereocenters. The molecule has 0 bridgehead atoms. The van der Waals surface area contributed by atoms with Gasteiger partial charge in [0.1, 0.15) is 0 Å². The van der Waals surface area contributed by atoms with Gasteiger partial charge in [-0.3, -0.25) is 4.79 Å².